The van der Waals surface area contributed by atoms with E-state index < -0.39 is 0 Å². The quantitative estimate of drug-likeness (QED) is 0.857. The van der Waals surface area contributed by atoms with Crippen LogP contribution < -0.4 is 10.5 Å². The van der Waals surface area contributed by atoms with E-state index in [2.05, 4.69) is 15.9 Å². The number of rotatable bonds is 3. The van der Waals surface area contributed by atoms with Crippen molar-refractivity contribution in [2.75, 3.05) is 5.73 Å². The molecule has 1 atom stereocenters. The van der Waals surface area contributed by atoms with Gasteiger partial charge in [0, 0.05) is 10.2 Å². The predicted octanol–water partition coefficient (Wildman–Crippen LogP) is 4.31. The third-order valence-electron chi connectivity index (χ3n) is 2.58. The van der Waals surface area contributed by atoms with E-state index >= 15 is 0 Å². The minimum absolute atomic E-state index is 0.230. The van der Waals surface area contributed by atoms with Crippen molar-refractivity contribution in [2.45, 2.75) is 13.0 Å². The minimum atomic E-state index is -0.389. The second-order valence-corrected chi connectivity index (χ2v) is 4.92. The van der Waals surface area contributed by atoms with Crippen molar-refractivity contribution in [3.63, 3.8) is 0 Å². The number of nitrogen functional groups attached to an aromatic ring is 1. The molecule has 18 heavy (non-hydrogen) atoms. The topological polar surface area (TPSA) is 35.2 Å². The Labute approximate surface area is 114 Å². The minimum Gasteiger partial charge on any atom is -0.483 e. The van der Waals surface area contributed by atoms with Gasteiger partial charge in [-0.05, 0) is 42.8 Å². The molecule has 0 aliphatic rings. The van der Waals surface area contributed by atoms with Gasteiger partial charge in [-0.25, -0.2) is 4.39 Å². The Hall–Kier alpha value is -1.55. The number of halogens is 2. The number of hydrogen-bond acceptors (Lipinski definition) is 2. The average Bonchev–Trinajstić information content (AvgIpc) is 2.32. The van der Waals surface area contributed by atoms with E-state index in [1.165, 1.54) is 6.07 Å². The summed E-state index contributed by atoms with van der Waals surface area (Å²) in [5.41, 5.74) is 7.28. The molecule has 94 valence electrons. The van der Waals surface area contributed by atoms with Crippen LogP contribution in [0.5, 0.6) is 5.75 Å². The van der Waals surface area contributed by atoms with E-state index in [0.717, 1.165) is 5.56 Å². The van der Waals surface area contributed by atoms with Crippen LogP contribution in [0, 0.1) is 5.82 Å². The molecule has 2 aromatic rings. The highest BCUT2D eigenvalue weighted by Crippen LogP contribution is 2.27. The van der Waals surface area contributed by atoms with Crippen LogP contribution in [0.4, 0.5) is 10.1 Å². The molecular weight excluding hydrogens is 297 g/mol. The lowest BCUT2D eigenvalue weighted by Crippen LogP contribution is -2.04. The Morgan fingerprint density at radius 2 is 2.00 bits per heavy atom. The highest BCUT2D eigenvalue weighted by atomic mass is 79.9. The van der Waals surface area contributed by atoms with Crippen LogP contribution in [0.3, 0.4) is 0 Å². The van der Waals surface area contributed by atoms with Gasteiger partial charge >= 0.3 is 0 Å². The molecule has 0 aliphatic heterocycles. The highest BCUT2D eigenvalue weighted by Gasteiger charge is 2.11. The molecule has 0 amide bonds. The Morgan fingerprint density at radius 1 is 1.22 bits per heavy atom. The van der Waals surface area contributed by atoms with E-state index in [4.69, 9.17) is 10.5 Å². The average molecular weight is 310 g/mol. The SMILES string of the molecule is CC(Oc1ccc(Br)cc1F)c1cccc(N)c1. The van der Waals surface area contributed by atoms with Crippen LogP contribution in [-0.2, 0) is 0 Å². The molecule has 4 heteroatoms. The molecule has 2 nitrogen and oxygen atoms in total. The van der Waals surface area contributed by atoms with Gasteiger partial charge < -0.3 is 10.5 Å². The summed E-state index contributed by atoms with van der Waals surface area (Å²) in [6.45, 7) is 1.86. The maximum Gasteiger partial charge on any atom is 0.166 e. The third kappa shape index (κ3) is 3.01. The smallest absolute Gasteiger partial charge is 0.166 e. The van der Waals surface area contributed by atoms with E-state index in [9.17, 15) is 4.39 Å². The van der Waals surface area contributed by atoms with Gasteiger partial charge in [0.05, 0.1) is 0 Å². The fourth-order valence-corrected chi connectivity index (χ4v) is 1.97. The zero-order valence-electron chi connectivity index (χ0n) is 9.86. The Bertz CT molecular complexity index is 559. The lowest BCUT2D eigenvalue weighted by Gasteiger charge is -2.16. The summed E-state index contributed by atoms with van der Waals surface area (Å²) < 4.78 is 19.9. The standard InChI is InChI=1S/C14H13BrFNO/c1-9(10-3-2-4-12(17)7-10)18-14-6-5-11(15)8-13(14)16/h2-9H,17H2,1H3. The van der Waals surface area contributed by atoms with Crippen molar-refractivity contribution in [3.05, 3.63) is 58.3 Å². The molecular formula is C14H13BrFNO. The Balaban J connectivity index is 2.18. The van der Waals surface area contributed by atoms with Crippen molar-refractivity contribution in [2.24, 2.45) is 0 Å². The fourth-order valence-electron chi connectivity index (χ4n) is 1.64. The first-order valence-corrected chi connectivity index (χ1v) is 6.32. The first-order chi connectivity index (χ1) is 8.56. The third-order valence-corrected chi connectivity index (χ3v) is 3.07. The molecule has 0 aromatic heterocycles. The molecule has 0 radical (unpaired) electrons. The lowest BCUT2D eigenvalue weighted by molar-refractivity contribution is 0.216. The predicted molar refractivity (Wildman–Crippen MR) is 74.0 cm³/mol. The summed E-state index contributed by atoms with van der Waals surface area (Å²) in [7, 11) is 0. The van der Waals surface area contributed by atoms with Crippen LogP contribution in [0.25, 0.3) is 0 Å². The van der Waals surface area contributed by atoms with Crippen molar-refractivity contribution in [1.29, 1.82) is 0 Å². The molecule has 0 saturated heterocycles. The van der Waals surface area contributed by atoms with Gasteiger partial charge in [0.2, 0.25) is 0 Å². The summed E-state index contributed by atoms with van der Waals surface area (Å²) in [6, 6.07) is 12.1. The number of nitrogens with two attached hydrogens (primary N) is 1. The van der Waals surface area contributed by atoms with Crippen LogP contribution in [-0.4, -0.2) is 0 Å². The van der Waals surface area contributed by atoms with E-state index in [-0.39, 0.29) is 17.7 Å². The number of hydrogen-bond donors (Lipinski definition) is 1. The number of ether oxygens (including phenoxy) is 1. The van der Waals surface area contributed by atoms with Gasteiger partial charge in [0.25, 0.3) is 0 Å². The number of benzene rings is 2. The maximum absolute atomic E-state index is 13.6. The molecule has 1 unspecified atom stereocenters. The fraction of sp³-hybridized carbons (Fsp3) is 0.143. The summed E-state index contributed by atoms with van der Waals surface area (Å²) in [5.74, 6) is -0.159. The van der Waals surface area contributed by atoms with E-state index in [0.29, 0.717) is 10.2 Å². The van der Waals surface area contributed by atoms with Crippen LogP contribution in [0.15, 0.2) is 46.9 Å². The van der Waals surface area contributed by atoms with Crippen molar-refractivity contribution in [3.8, 4) is 5.75 Å². The van der Waals surface area contributed by atoms with Crippen molar-refractivity contribution in [1.82, 2.24) is 0 Å². The first-order valence-electron chi connectivity index (χ1n) is 5.53. The zero-order valence-corrected chi connectivity index (χ0v) is 11.4. The second kappa shape index (κ2) is 5.40. The molecule has 0 spiro atoms. The summed E-state index contributed by atoms with van der Waals surface area (Å²) in [4.78, 5) is 0. The van der Waals surface area contributed by atoms with Gasteiger partial charge in [-0.15, -0.1) is 0 Å². The van der Waals surface area contributed by atoms with Crippen molar-refractivity contribution >= 4 is 21.6 Å². The Morgan fingerprint density at radius 3 is 2.67 bits per heavy atom. The molecule has 2 aromatic carbocycles. The molecule has 2 N–H and O–H groups in total. The van der Waals surface area contributed by atoms with Crippen LogP contribution in [0.1, 0.15) is 18.6 Å². The highest BCUT2D eigenvalue weighted by molar-refractivity contribution is 9.10. The summed E-state index contributed by atoms with van der Waals surface area (Å²) in [6.07, 6.45) is -0.260. The van der Waals surface area contributed by atoms with E-state index in [1.807, 2.05) is 25.1 Å². The molecule has 0 aliphatic carbocycles. The van der Waals surface area contributed by atoms with Gasteiger partial charge in [0.1, 0.15) is 6.10 Å². The molecule has 0 fully saturated rings. The van der Waals surface area contributed by atoms with E-state index in [1.54, 1.807) is 18.2 Å². The molecule has 0 saturated carbocycles. The molecule has 2 rings (SSSR count). The monoisotopic (exact) mass is 309 g/mol. The molecule has 0 bridgehead atoms. The van der Waals surface area contributed by atoms with Crippen molar-refractivity contribution < 1.29 is 9.13 Å². The van der Waals surface area contributed by atoms with Crippen LogP contribution in [0.2, 0.25) is 0 Å². The normalized spacial score (nSPS) is 12.2. The van der Waals surface area contributed by atoms with Gasteiger partial charge in [-0.3, -0.25) is 0 Å². The van der Waals surface area contributed by atoms with Crippen LogP contribution >= 0.6 is 15.9 Å². The second-order valence-electron chi connectivity index (χ2n) is 4.00. The lowest BCUT2D eigenvalue weighted by atomic mass is 10.1. The maximum atomic E-state index is 13.6. The Kier molecular flexibility index (Phi) is 3.87. The largest absolute Gasteiger partial charge is 0.483 e. The molecule has 0 heterocycles. The first kappa shape index (κ1) is 12.9. The summed E-state index contributed by atoms with van der Waals surface area (Å²) in [5, 5.41) is 0. The van der Waals surface area contributed by atoms with Gasteiger partial charge in [0.15, 0.2) is 11.6 Å². The summed E-state index contributed by atoms with van der Waals surface area (Å²) >= 11 is 3.20. The number of anilines is 1. The van der Waals surface area contributed by atoms with Gasteiger partial charge in [-0.2, -0.15) is 0 Å². The zero-order chi connectivity index (χ0) is 13.1. The van der Waals surface area contributed by atoms with Gasteiger partial charge in [-0.1, -0.05) is 28.1 Å².